The van der Waals surface area contributed by atoms with Crippen molar-refractivity contribution in [2.75, 3.05) is 19.0 Å². The number of carbonyl (C=O) groups is 2. The lowest BCUT2D eigenvalue weighted by Gasteiger charge is -2.17. The zero-order chi connectivity index (χ0) is 20.0. The molecular formula is C18H16F2NO6-. The molecule has 9 heteroatoms. The zero-order valence-corrected chi connectivity index (χ0v) is 14.5. The molecule has 2 aromatic carbocycles. The minimum atomic E-state index is -3.12. The Balaban J connectivity index is 2.42. The fraction of sp³-hybridized carbons (Fsp3) is 0.222. The summed E-state index contributed by atoms with van der Waals surface area (Å²) in [4.78, 5) is 23.9. The average molecular weight is 380 g/mol. The molecule has 0 atom stereocenters. The number of ether oxygens (including phenoxy) is 3. The number of carboxylic acid groups (broad SMARTS) is 1. The second-order valence-electron chi connectivity index (χ2n) is 5.10. The Kier molecular flexibility index (Phi) is 6.53. The van der Waals surface area contributed by atoms with Crippen molar-refractivity contribution in [2.24, 2.45) is 0 Å². The predicted octanol–water partition coefficient (Wildman–Crippen LogP) is 2.31. The minimum absolute atomic E-state index is 0.146. The van der Waals surface area contributed by atoms with Gasteiger partial charge in [0.2, 0.25) is 0 Å². The first-order valence-electron chi connectivity index (χ1n) is 7.78. The fourth-order valence-corrected chi connectivity index (χ4v) is 2.30. The van der Waals surface area contributed by atoms with Crippen LogP contribution in [-0.2, 0) is 0 Å². The average Bonchev–Trinajstić information content (AvgIpc) is 2.62. The van der Waals surface area contributed by atoms with Gasteiger partial charge in [-0.15, -0.1) is 0 Å². The van der Waals surface area contributed by atoms with Gasteiger partial charge in [0, 0.05) is 11.6 Å². The first-order valence-corrected chi connectivity index (χ1v) is 7.78. The molecule has 7 nitrogen and oxygen atoms in total. The summed E-state index contributed by atoms with van der Waals surface area (Å²) in [5.74, 6) is -2.43. The van der Waals surface area contributed by atoms with Crippen LogP contribution in [0.3, 0.4) is 0 Å². The maximum absolute atomic E-state index is 12.5. The number of benzene rings is 2. The SMILES string of the molecule is CCOc1cc(C(=O)[O-])c(NC(=O)c2ccccc2OC(F)F)cc1OC. The number of amides is 1. The van der Waals surface area contributed by atoms with Gasteiger partial charge in [-0.1, -0.05) is 12.1 Å². The summed E-state index contributed by atoms with van der Waals surface area (Å²) >= 11 is 0. The van der Waals surface area contributed by atoms with Crippen molar-refractivity contribution in [3.05, 3.63) is 47.5 Å². The lowest BCUT2D eigenvalue weighted by atomic mass is 10.1. The predicted molar refractivity (Wildman–Crippen MR) is 89.5 cm³/mol. The topological polar surface area (TPSA) is 96.9 Å². The van der Waals surface area contributed by atoms with Gasteiger partial charge in [0.15, 0.2) is 11.5 Å². The molecule has 0 aliphatic rings. The highest BCUT2D eigenvalue weighted by atomic mass is 19.3. The number of hydrogen-bond donors (Lipinski definition) is 1. The molecule has 0 fully saturated rings. The number of carboxylic acids is 1. The van der Waals surface area contributed by atoms with Crippen molar-refractivity contribution in [2.45, 2.75) is 13.5 Å². The van der Waals surface area contributed by atoms with Crippen molar-refractivity contribution < 1.29 is 37.7 Å². The van der Waals surface area contributed by atoms with Gasteiger partial charge in [0.1, 0.15) is 5.75 Å². The Morgan fingerprint density at radius 3 is 2.41 bits per heavy atom. The number of rotatable bonds is 8. The molecule has 0 bridgehead atoms. The third-order valence-corrected chi connectivity index (χ3v) is 3.42. The van der Waals surface area contributed by atoms with E-state index in [-0.39, 0.29) is 40.7 Å². The fourth-order valence-electron chi connectivity index (χ4n) is 2.30. The number of carbonyl (C=O) groups excluding carboxylic acids is 2. The molecule has 0 aliphatic carbocycles. The van der Waals surface area contributed by atoms with Crippen LogP contribution in [0.15, 0.2) is 36.4 Å². The van der Waals surface area contributed by atoms with E-state index in [1.54, 1.807) is 6.92 Å². The van der Waals surface area contributed by atoms with E-state index < -0.39 is 18.5 Å². The molecule has 0 aliphatic heterocycles. The highest BCUT2D eigenvalue weighted by Gasteiger charge is 2.19. The normalized spacial score (nSPS) is 10.4. The van der Waals surface area contributed by atoms with Crippen LogP contribution < -0.4 is 24.6 Å². The van der Waals surface area contributed by atoms with Crippen molar-refractivity contribution in [3.63, 3.8) is 0 Å². The van der Waals surface area contributed by atoms with E-state index in [9.17, 15) is 23.5 Å². The maximum Gasteiger partial charge on any atom is 0.387 e. The summed E-state index contributed by atoms with van der Waals surface area (Å²) in [6.45, 7) is -1.16. The Hall–Kier alpha value is -3.36. The van der Waals surface area contributed by atoms with E-state index in [1.165, 1.54) is 37.4 Å². The van der Waals surface area contributed by atoms with Gasteiger partial charge in [-0.3, -0.25) is 4.79 Å². The van der Waals surface area contributed by atoms with E-state index >= 15 is 0 Å². The molecule has 0 heterocycles. The molecule has 0 spiro atoms. The van der Waals surface area contributed by atoms with Gasteiger partial charge in [-0.05, 0) is 25.1 Å². The summed E-state index contributed by atoms with van der Waals surface area (Å²) in [7, 11) is 1.34. The summed E-state index contributed by atoms with van der Waals surface area (Å²) in [5.41, 5.74) is -0.707. The quantitative estimate of drug-likeness (QED) is 0.755. The number of anilines is 1. The van der Waals surface area contributed by atoms with Gasteiger partial charge >= 0.3 is 6.61 Å². The van der Waals surface area contributed by atoms with Crippen LogP contribution in [0, 0.1) is 0 Å². The van der Waals surface area contributed by atoms with E-state index in [0.29, 0.717) is 0 Å². The zero-order valence-electron chi connectivity index (χ0n) is 14.5. The van der Waals surface area contributed by atoms with Gasteiger partial charge in [-0.25, -0.2) is 0 Å². The maximum atomic E-state index is 12.5. The van der Waals surface area contributed by atoms with E-state index in [0.717, 1.165) is 6.07 Å². The van der Waals surface area contributed by atoms with Crippen LogP contribution in [0.25, 0.3) is 0 Å². The largest absolute Gasteiger partial charge is 0.545 e. The second-order valence-corrected chi connectivity index (χ2v) is 5.10. The smallest absolute Gasteiger partial charge is 0.387 e. The highest BCUT2D eigenvalue weighted by Crippen LogP contribution is 2.34. The van der Waals surface area contributed by atoms with Crippen molar-refractivity contribution in [1.29, 1.82) is 0 Å². The monoisotopic (exact) mass is 380 g/mol. The van der Waals surface area contributed by atoms with Crippen molar-refractivity contribution in [1.82, 2.24) is 0 Å². The Morgan fingerprint density at radius 2 is 1.81 bits per heavy atom. The molecule has 144 valence electrons. The van der Waals surface area contributed by atoms with E-state index in [1.807, 2.05) is 0 Å². The summed E-state index contributed by atoms with van der Waals surface area (Å²) in [6, 6.07) is 7.71. The van der Waals surface area contributed by atoms with E-state index in [2.05, 4.69) is 10.1 Å². The number of aromatic carboxylic acids is 1. The molecule has 0 radical (unpaired) electrons. The van der Waals surface area contributed by atoms with Crippen molar-refractivity contribution >= 4 is 17.6 Å². The molecule has 0 aromatic heterocycles. The van der Waals surface area contributed by atoms with Crippen LogP contribution in [0.5, 0.6) is 17.2 Å². The minimum Gasteiger partial charge on any atom is -0.545 e. The van der Waals surface area contributed by atoms with Gasteiger partial charge in [-0.2, -0.15) is 8.78 Å². The van der Waals surface area contributed by atoms with Crippen LogP contribution >= 0.6 is 0 Å². The van der Waals surface area contributed by atoms with Gasteiger partial charge in [0.25, 0.3) is 5.91 Å². The molecule has 0 unspecified atom stereocenters. The Labute approximate surface area is 153 Å². The molecule has 2 rings (SSSR count). The first-order chi connectivity index (χ1) is 12.9. The number of alkyl halides is 2. The third-order valence-electron chi connectivity index (χ3n) is 3.42. The lowest BCUT2D eigenvalue weighted by Crippen LogP contribution is -2.25. The molecule has 2 aromatic rings. The van der Waals surface area contributed by atoms with E-state index in [4.69, 9.17) is 9.47 Å². The lowest BCUT2D eigenvalue weighted by molar-refractivity contribution is -0.254. The van der Waals surface area contributed by atoms with Gasteiger partial charge < -0.3 is 29.4 Å². The molecule has 0 saturated heterocycles. The molecular weight excluding hydrogens is 364 g/mol. The molecule has 1 N–H and O–H groups in total. The Bertz CT molecular complexity index is 841. The Morgan fingerprint density at radius 1 is 1.11 bits per heavy atom. The summed E-state index contributed by atoms with van der Waals surface area (Å²) in [5, 5.41) is 13.8. The van der Waals surface area contributed by atoms with Crippen LogP contribution in [-0.4, -0.2) is 32.2 Å². The number of hydrogen-bond acceptors (Lipinski definition) is 6. The van der Waals surface area contributed by atoms with Crippen LogP contribution in [0.1, 0.15) is 27.6 Å². The molecule has 27 heavy (non-hydrogen) atoms. The summed E-state index contributed by atoms with van der Waals surface area (Å²) < 4.78 is 39.7. The van der Waals surface area contributed by atoms with Crippen LogP contribution in [0.4, 0.5) is 14.5 Å². The number of halogens is 2. The highest BCUT2D eigenvalue weighted by molar-refractivity contribution is 6.09. The second kappa shape index (κ2) is 8.84. The summed E-state index contributed by atoms with van der Waals surface area (Å²) in [6.07, 6.45) is 0. The van der Waals surface area contributed by atoms with Crippen LogP contribution in [0.2, 0.25) is 0 Å². The molecule has 0 saturated carbocycles. The van der Waals surface area contributed by atoms with Gasteiger partial charge in [0.05, 0.1) is 30.9 Å². The third kappa shape index (κ3) is 4.84. The number of methoxy groups -OCH3 is 1. The molecule has 1 amide bonds. The number of nitrogens with one attached hydrogen (secondary N) is 1. The first kappa shape index (κ1) is 20.0. The van der Waals surface area contributed by atoms with Crippen molar-refractivity contribution in [3.8, 4) is 17.2 Å². The standard InChI is InChI=1S/C18H17F2NO6/c1-3-26-15-8-11(17(23)24)12(9-14(15)25-2)21-16(22)10-6-4-5-7-13(10)27-18(19)20/h4-9,18H,3H2,1-2H3,(H,21,22)(H,23,24)/p-1. The number of para-hydroxylation sites is 1.